The minimum atomic E-state index is -3.07. The van der Waals surface area contributed by atoms with Crippen molar-refractivity contribution in [3.8, 4) is 0 Å². The lowest BCUT2D eigenvalue weighted by atomic mass is 9.98. The first-order chi connectivity index (χ1) is 8.36. The molecule has 5 heteroatoms. The van der Waals surface area contributed by atoms with Crippen LogP contribution in [-0.4, -0.2) is 25.3 Å². The molecule has 1 aromatic carbocycles. The number of halogens is 2. The Hall–Kier alpha value is -0.610. The smallest absolute Gasteiger partial charge is 0.152 e. The van der Waals surface area contributed by atoms with E-state index >= 15 is 0 Å². The molecule has 1 atom stereocenters. The van der Waals surface area contributed by atoms with E-state index < -0.39 is 9.84 Å². The highest BCUT2D eigenvalue weighted by atomic mass is 35.5. The van der Waals surface area contributed by atoms with Crippen molar-refractivity contribution in [1.82, 2.24) is 0 Å². The maximum Gasteiger partial charge on any atom is 0.152 e. The molecule has 18 heavy (non-hydrogen) atoms. The Kier molecular flexibility index (Phi) is 5.60. The maximum atomic E-state index is 13.1. The van der Waals surface area contributed by atoms with Crippen molar-refractivity contribution >= 4 is 21.4 Å². The van der Waals surface area contributed by atoms with Gasteiger partial charge in [-0.15, -0.1) is 11.6 Å². The summed E-state index contributed by atoms with van der Waals surface area (Å²) in [5.41, 5.74) is 0.754. The number of rotatable bonds is 6. The molecule has 0 aliphatic rings. The van der Waals surface area contributed by atoms with Crippen LogP contribution in [0.15, 0.2) is 24.3 Å². The lowest BCUT2D eigenvalue weighted by molar-refractivity contribution is 0.579. The molecule has 0 saturated heterocycles. The fraction of sp³-hybridized carbons (Fsp3) is 0.538. The van der Waals surface area contributed by atoms with Gasteiger partial charge in [-0.1, -0.05) is 12.1 Å². The third-order valence-electron chi connectivity index (χ3n) is 2.98. The minimum Gasteiger partial charge on any atom is -0.229 e. The van der Waals surface area contributed by atoms with E-state index in [2.05, 4.69) is 0 Å². The Morgan fingerprint density at radius 2 is 2.00 bits per heavy atom. The predicted molar refractivity (Wildman–Crippen MR) is 73.4 cm³/mol. The Balaban J connectivity index is 2.75. The average molecular weight is 293 g/mol. The molecule has 0 amide bonds. The lowest BCUT2D eigenvalue weighted by Gasteiger charge is -2.15. The second kappa shape index (κ2) is 6.53. The molecule has 0 N–H and O–H groups in total. The van der Waals surface area contributed by atoms with Gasteiger partial charge < -0.3 is 0 Å². The SMILES string of the molecule is CC(C)S(=O)(=O)CCC(CCl)c1cccc(F)c1. The van der Waals surface area contributed by atoms with Crippen molar-refractivity contribution in [1.29, 1.82) is 0 Å². The van der Waals surface area contributed by atoms with E-state index in [1.54, 1.807) is 26.0 Å². The van der Waals surface area contributed by atoms with Crippen molar-refractivity contribution in [2.24, 2.45) is 0 Å². The first-order valence-corrected chi connectivity index (χ1v) is 8.15. The molecule has 0 bridgehead atoms. The van der Waals surface area contributed by atoms with E-state index in [9.17, 15) is 12.8 Å². The largest absolute Gasteiger partial charge is 0.229 e. The molecule has 0 aliphatic heterocycles. The van der Waals surface area contributed by atoms with Crippen molar-refractivity contribution in [2.45, 2.75) is 31.4 Å². The molecule has 0 heterocycles. The third kappa shape index (κ3) is 4.25. The Morgan fingerprint density at radius 3 is 2.50 bits per heavy atom. The van der Waals surface area contributed by atoms with E-state index in [0.717, 1.165) is 5.56 Å². The van der Waals surface area contributed by atoms with Crippen LogP contribution in [0.3, 0.4) is 0 Å². The molecular weight excluding hydrogens is 275 g/mol. The second-order valence-corrected chi connectivity index (χ2v) is 7.60. The molecule has 102 valence electrons. The molecule has 0 saturated carbocycles. The molecule has 1 rings (SSSR count). The van der Waals surface area contributed by atoms with Gasteiger partial charge in [-0.3, -0.25) is 0 Å². The van der Waals surface area contributed by atoms with Gasteiger partial charge in [-0.2, -0.15) is 0 Å². The Labute approximate surface area is 113 Å². The van der Waals surface area contributed by atoms with Gasteiger partial charge in [0.1, 0.15) is 5.82 Å². The summed E-state index contributed by atoms with van der Waals surface area (Å²) in [6.45, 7) is 3.32. The number of sulfone groups is 1. The van der Waals surface area contributed by atoms with Gasteiger partial charge in [-0.25, -0.2) is 12.8 Å². The molecule has 0 aromatic heterocycles. The van der Waals surface area contributed by atoms with Crippen LogP contribution in [-0.2, 0) is 9.84 Å². The van der Waals surface area contributed by atoms with E-state index in [1.807, 2.05) is 0 Å². The quantitative estimate of drug-likeness (QED) is 0.754. The summed E-state index contributed by atoms with van der Waals surface area (Å²) in [5, 5.41) is -0.388. The highest BCUT2D eigenvalue weighted by Gasteiger charge is 2.19. The summed E-state index contributed by atoms with van der Waals surface area (Å²) in [5.74, 6) is -0.0828. The third-order valence-corrected chi connectivity index (χ3v) is 5.59. The van der Waals surface area contributed by atoms with Crippen LogP contribution in [0.5, 0.6) is 0 Å². The van der Waals surface area contributed by atoms with Crippen molar-refractivity contribution in [3.05, 3.63) is 35.6 Å². The number of hydrogen-bond acceptors (Lipinski definition) is 2. The first kappa shape index (κ1) is 15.4. The Morgan fingerprint density at radius 1 is 1.33 bits per heavy atom. The number of alkyl halides is 1. The second-order valence-electron chi connectivity index (χ2n) is 4.61. The van der Waals surface area contributed by atoms with E-state index in [1.165, 1.54) is 12.1 Å². The summed E-state index contributed by atoms with van der Waals surface area (Å²) < 4.78 is 36.6. The van der Waals surface area contributed by atoms with Gasteiger partial charge in [0.2, 0.25) is 0 Å². The van der Waals surface area contributed by atoms with E-state index in [0.29, 0.717) is 6.42 Å². The summed E-state index contributed by atoms with van der Waals surface area (Å²) in [7, 11) is -3.07. The van der Waals surface area contributed by atoms with Gasteiger partial charge in [0.25, 0.3) is 0 Å². The summed E-state index contributed by atoms with van der Waals surface area (Å²) in [4.78, 5) is 0. The maximum absolute atomic E-state index is 13.1. The van der Waals surface area contributed by atoms with Gasteiger partial charge >= 0.3 is 0 Å². The highest BCUT2D eigenvalue weighted by Crippen LogP contribution is 2.23. The van der Waals surface area contributed by atoms with Crippen LogP contribution in [0.25, 0.3) is 0 Å². The summed E-state index contributed by atoms with van der Waals surface area (Å²) >= 11 is 5.85. The zero-order valence-electron chi connectivity index (χ0n) is 10.6. The minimum absolute atomic E-state index is 0.0819. The standard InChI is InChI=1S/C13H18ClFO2S/c1-10(2)18(16,17)7-6-12(9-14)11-4-3-5-13(15)8-11/h3-5,8,10,12H,6-7,9H2,1-2H3. The van der Waals surface area contributed by atoms with E-state index in [4.69, 9.17) is 11.6 Å². The van der Waals surface area contributed by atoms with Crippen LogP contribution in [0, 0.1) is 5.82 Å². The van der Waals surface area contributed by atoms with Crippen molar-refractivity contribution in [2.75, 3.05) is 11.6 Å². The van der Waals surface area contributed by atoms with Crippen LogP contribution in [0.4, 0.5) is 4.39 Å². The highest BCUT2D eigenvalue weighted by molar-refractivity contribution is 7.91. The average Bonchev–Trinajstić information content (AvgIpc) is 2.29. The molecule has 0 radical (unpaired) electrons. The Bertz CT molecular complexity index is 486. The number of hydrogen-bond donors (Lipinski definition) is 0. The van der Waals surface area contributed by atoms with Gasteiger partial charge in [0, 0.05) is 5.88 Å². The predicted octanol–water partition coefficient (Wildman–Crippen LogP) is 3.36. The van der Waals surface area contributed by atoms with Gasteiger partial charge in [0.15, 0.2) is 9.84 Å². The summed E-state index contributed by atoms with van der Waals surface area (Å²) in [6, 6.07) is 6.16. The molecule has 0 aliphatic carbocycles. The molecule has 0 fully saturated rings. The lowest BCUT2D eigenvalue weighted by Crippen LogP contribution is -2.19. The summed E-state index contributed by atoms with van der Waals surface area (Å²) in [6.07, 6.45) is 0.424. The van der Waals surface area contributed by atoms with E-state index in [-0.39, 0.29) is 28.6 Å². The molecule has 1 aromatic rings. The monoisotopic (exact) mass is 292 g/mol. The van der Waals surface area contributed by atoms with Crippen LogP contribution in [0.1, 0.15) is 31.7 Å². The van der Waals surface area contributed by atoms with Crippen molar-refractivity contribution in [3.63, 3.8) is 0 Å². The fourth-order valence-corrected chi connectivity index (χ4v) is 3.05. The number of benzene rings is 1. The molecular formula is C13H18ClFO2S. The van der Waals surface area contributed by atoms with Crippen molar-refractivity contribution < 1.29 is 12.8 Å². The van der Waals surface area contributed by atoms with Crippen LogP contribution < -0.4 is 0 Å². The normalized spacial score (nSPS) is 13.8. The molecule has 2 nitrogen and oxygen atoms in total. The zero-order chi connectivity index (χ0) is 13.8. The van der Waals surface area contributed by atoms with Crippen LogP contribution >= 0.6 is 11.6 Å². The zero-order valence-corrected chi connectivity index (χ0v) is 12.1. The molecule has 1 unspecified atom stereocenters. The topological polar surface area (TPSA) is 34.1 Å². The van der Waals surface area contributed by atoms with Gasteiger partial charge in [0.05, 0.1) is 11.0 Å². The fourth-order valence-electron chi connectivity index (χ4n) is 1.64. The first-order valence-electron chi connectivity index (χ1n) is 5.90. The van der Waals surface area contributed by atoms with Gasteiger partial charge in [-0.05, 0) is 43.9 Å². The molecule has 0 spiro atoms. The van der Waals surface area contributed by atoms with Crippen LogP contribution in [0.2, 0.25) is 0 Å².